The Morgan fingerprint density at radius 3 is 0.895 bits per heavy atom. The molecule has 0 amide bonds. The Balaban J connectivity index is 0.000000283. The fourth-order valence-corrected chi connectivity index (χ4v) is 3.59. The molecule has 0 saturated carbocycles. The summed E-state index contributed by atoms with van der Waals surface area (Å²) in [6, 6.07) is 38.6. The first-order valence-corrected chi connectivity index (χ1v) is 12.3. The number of nitrogen functional groups attached to an aromatic ring is 2. The Kier molecular flexibility index (Phi) is 8.97. The minimum atomic E-state index is 0.602. The molecule has 0 aliphatic heterocycles. The molecule has 0 spiro atoms. The van der Waals surface area contributed by atoms with Crippen LogP contribution in [0.3, 0.4) is 0 Å². The van der Waals surface area contributed by atoms with Gasteiger partial charge in [-0.2, -0.15) is 0 Å². The number of rotatable bonds is 7. The molecule has 6 nitrogen and oxygen atoms in total. The zero-order chi connectivity index (χ0) is 26.7. The molecule has 0 fully saturated rings. The predicted molar refractivity (Wildman–Crippen MR) is 156 cm³/mol. The summed E-state index contributed by atoms with van der Waals surface area (Å²) in [5.41, 5.74) is 28.1. The van der Waals surface area contributed by atoms with Crippen LogP contribution < -0.4 is 32.4 Å². The smallest absolute Gasteiger partial charge is 0.127 e. The average molecular weight is 505 g/mol. The van der Waals surface area contributed by atoms with Crippen molar-refractivity contribution in [1.29, 1.82) is 0 Å². The predicted octanol–water partition coefficient (Wildman–Crippen LogP) is 6.71. The molecule has 0 unspecified atom stereocenters. The van der Waals surface area contributed by atoms with Crippen molar-refractivity contribution in [2.24, 2.45) is 11.5 Å². The zero-order valence-electron chi connectivity index (χ0n) is 21.1. The molecule has 8 N–H and O–H groups in total. The lowest BCUT2D eigenvalue weighted by molar-refractivity contribution is 0.482. The molecule has 0 aliphatic rings. The van der Waals surface area contributed by atoms with Crippen LogP contribution >= 0.6 is 0 Å². The summed E-state index contributed by atoms with van der Waals surface area (Å²) < 4.78 is 11.7. The molecule has 0 radical (unpaired) electrons. The average Bonchev–Trinajstić information content (AvgIpc) is 2.97. The van der Waals surface area contributed by atoms with Crippen molar-refractivity contribution < 1.29 is 9.47 Å². The molecular formula is C32H32N4O2. The SMILES string of the molecule is NCc1ccc(CN)cc1.Nc1ccc(Oc2ccc(-c3ccc(Oc4ccc(N)cc4)cc3)cc2)cc1. The second-order valence-electron chi connectivity index (χ2n) is 8.62. The molecule has 0 aliphatic carbocycles. The summed E-state index contributed by atoms with van der Waals surface area (Å²) >= 11 is 0. The quantitative estimate of drug-likeness (QED) is 0.183. The third-order valence-corrected chi connectivity index (χ3v) is 5.77. The molecule has 5 rings (SSSR count). The van der Waals surface area contributed by atoms with Crippen LogP contribution in [0.25, 0.3) is 11.1 Å². The summed E-state index contributed by atoms with van der Waals surface area (Å²) in [7, 11) is 0. The summed E-state index contributed by atoms with van der Waals surface area (Å²) in [5, 5.41) is 0. The van der Waals surface area contributed by atoms with Crippen LogP contribution in [0.2, 0.25) is 0 Å². The first-order valence-electron chi connectivity index (χ1n) is 12.3. The molecule has 0 bridgehead atoms. The van der Waals surface area contributed by atoms with E-state index in [2.05, 4.69) is 0 Å². The Bertz CT molecular complexity index is 1290. The van der Waals surface area contributed by atoms with Crippen molar-refractivity contribution in [2.45, 2.75) is 13.1 Å². The van der Waals surface area contributed by atoms with E-state index in [1.807, 2.05) is 121 Å². The molecule has 38 heavy (non-hydrogen) atoms. The topological polar surface area (TPSA) is 123 Å². The third-order valence-electron chi connectivity index (χ3n) is 5.77. The van der Waals surface area contributed by atoms with Crippen molar-refractivity contribution in [3.8, 4) is 34.1 Å². The largest absolute Gasteiger partial charge is 0.457 e. The molecule has 0 saturated heterocycles. The van der Waals surface area contributed by atoms with Crippen LogP contribution in [0.4, 0.5) is 11.4 Å². The van der Waals surface area contributed by atoms with Gasteiger partial charge in [-0.1, -0.05) is 48.5 Å². The van der Waals surface area contributed by atoms with E-state index in [0.717, 1.165) is 45.3 Å². The van der Waals surface area contributed by atoms with Gasteiger partial charge in [0.15, 0.2) is 0 Å². The van der Waals surface area contributed by atoms with E-state index in [9.17, 15) is 0 Å². The molecule has 5 aromatic carbocycles. The van der Waals surface area contributed by atoms with Crippen molar-refractivity contribution in [2.75, 3.05) is 11.5 Å². The number of anilines is 2. The number of nitrogens with two attached hydrogens (primary N) is 4. The van der Waals surface area contributed by atoms with Crippen molar-refractivity contribution in [3.63, 3.8) is 0 Å². The Labute approximate surface area is 223 Å². The van der Waals surface area contributed by atoms with Gasteiger partial charge in [0.25, 0.3) is 0 Å². The van der Waals surface area contributed by atoms with Gasteiger partial charge in [-0.3, -0.25) is 0 Å². The van der Waals surface area contributed by atoms with Crippen LogP contribution in [0.15, 0.2) is 121 Å². The zero-order valence-corrected chi connectivity index (χ0v) is 21.1. The first-order chi connectivity index (χ1) is 18.5. The van der Waals surface area contributed by atoms with Crippen LogP contribution in [-0.4, -0.2) is 0 Å². The summed E-state index contributed by atoms with van der Waals surface area (Å²) in [6.07, 6.45) is 0. The lowest BCUT2D eigenvalue weighted by atomic mass is 10.1. The van der Waals surface area contributed by atoms with E-state index in [1.54, 1.807) is 0 Å². The van der Waals surface area contributed by atoms with Crippen LogP contribution in [0.1, 0.15) is 11.1 Å². The van der Waals surface area contributed by atoms with Gasteiger partial charge >= 0.3 is 0 Å². The van der Waals surface area contributed by atoms with E-state index >= 15 is 0 Å². The Hall–Kier alpha value is -4.78. The van der Waals surface area contributed by atoms with E-state index in [-0.39, 0.29) is 0 Å². The first kappa shape index (κ1) is 26.3. The minimum Gasteiger partial charge on any atom is -0.457 e. The lowest BCUT2D eigenvalue weighted by Gasteiger charge is -2.09. The second-order valence-corrected chi connectivity index (χ2v) is 8.62. The maximum atomic E-state index is 5.83. The summed E-state index contributed by atoms with van der Waals surface area (Å²) in [5.74, 6) is 3.06. The Morgan fingerprint density at radius 1 is 0.368 bits per heavy atom. The van der Waals surface area contributed by atoms with Gasteiger partial charge in [-0.15, -0.1) is 0 Å². The van der Waals surface area contributed by atoms with Crippen LogP contribution in [0.5, 0.6) is 23.0 Å². The van der Waals surface area contributed by atoms with Gasteiger partial charge in [0, 0.05) is 24.5 Å². The maximum Gasteiger partial charge on any atom is 0.127 e. The fourth-order valence-electron chi connectivity index (χ4n) is 3.59. The van der Waals surface area contributed by atoms with Crippen LogP contribution in [-0.2, 0) is 13.1 Å². The van der Waals surface area contributed by atoms with Gasteiger partial charge in [-0.25, -0.2) is 0 Å². The lowest BCUT2D eigenvalue weighted by Crippen LogP contribution is -1.98. The number of hydrogen-bond acceptors (Lipinski definition) is 6. The highest BCUT2D eigenvalue weighted by molar-refractivity contribution is 5.65. The molecule has 192 valence electrons. The van der Waals surface area contributed by atoms with Gasteiger partial charge in [0.2, 0.25) is 0 Å². The second kappa shape index (κ2) is 13.0. The van der Waals surface area contributed by atoms with E-state index in [4.69, 9.17) is 32.4 Å². The summed E-state index contributed by atoms with van der Waals surface area (Å²) in [6.45, 7) is 1.20. The standard InChI is InChI=1S/C24H20N2O2.C8H12N2/c25-19-5-13-23(14-6-19)27-21-9-1-17(2-10-21)18-3-11-22(12-4-18)28-24-15-7-20(26)8-16-24;9-5-7-1-2-8(6-10)4-3-7/h1-16H,25-26H2;1-4H,5-6,9-10H2. The van der Waals surface area contributed by atoms with Gasteiger partial charge < -0.3 is 32.4 Å². The maximum absolute atomic E-state index is 5.83. The van der Waals surface area contributed by atoms with Gasteiger partial charge in [0.1, 0.15) is 23.0 Å². The minimum absolute atomic E-state index is 0.602. The highest BCUT2D eigenvalue weighted by Gasteiger charge is 2.03. The molecule has 0 aromatic heterocycles. The van der Waals surface area contributed by atoms with Gasteiger partial charge in [-0.05, 0) is 95.1 Å². The molecule has 6 heteroatoms. The summed E-state index contributed by atoms with van der Waals surface area (Å²) in [4.78, 5) is 0. The van der Waals surface area contributed by atoms with Crippen LogP contribution in [0, 0.1) is 0 Å². The number of benzene rings is 5. The van der Waals surface area contributed by atoms with Crippen molar-refractivity contribution in [1.82, 2.24) is 0 Å². The van der Waals surface area contributed by atoms with Gasteiger partial charge in [0.05, 0.1) is 0 Å². The Morgan fingerprint density at radius 2 is 0.632 bits per heavy atom. The monoisotopic (exact) mass is 504 g/mol. The molecule has 0 heterocycles. The molecule has 0 atom stereocenters. The highest BCUT2D eigenvalue weighted by Crippen LogP contribution is 2.29. The molecular weight excluding hydrogens is 472 g/mol. The fraction of sp³-hybridized carbons (Fsp3) is 0.0625. The van der Waals surface area contributed by atoms with E-state index < -0.39 is 0 Å². The van der Waals surface area contributed by atoms with Crippen molar-refractivity contribution in [3.05, 3.63) is 132 Å². The third kappa shape index (κ3) is 7.61. The normalized spacial score (nSPS) is 10.3. The highest BCUT2D eigenvalue weighted by atomic mass is 16.5. The molecule has 5 aromatic rings. The van der Waals surface area contributed by atoms with Crippen molar-refractivity contribution >= 4 is 11.4 Å². The number of hydrogen-bond donors (Lipinski definition) is 4. The number of ether oxygens (including phenoxy) is 2. The van der Waals surface area contributed by atoms with E-state index in [0.29, 0.717) is 24.5 Å². The van der Waals surface area contributed by atoms with E-state index in [1.165, 1.54) is 0 Å².